The fraction of sp³-hybridized carbons (Fsp3) is 0.143. The van der Waals surface area contributed by atoms with Gasteiger partial charge in [-0.05, 0) is 54.4 Å². The molecule has 3 aromatic rings. The summed E-state index contributed by atoms with van der Waals surface area (Å²) in [7, 11) is 0. The Labute approximate surface area is 152 Å². The number of amides is 1. The second-order valence-electron chi connectivity index (χ2n) is 6.05. The molecule has 0 aliphatic carbocycles. The molecule has 0 aliphatic heterocycles. The molecule has 26 heavy (non-hydrogen) atoms. The van der Waals surface area contributed by atoms with E-state index in [0.717, 1.165) is 16.8 Å². The molecule has 0 fully saturated rings. The number of carbonyl (C=O) groups excluding carboxylic acids is 1. The largest absolute Gasteiger partial charge is 0.322 e. The molecule has 132 valence electrons. The summed E-state index contributed by atoms with van der Waals surface area (Å²) in [5.41, 5.74) is 3.22. The van der Waals surface area contributed by atoms with Crippen LogP contribution in [0.2, 0.25) is 0 Å². The van der Waals surface area contributed by atoms with Crippen LogP contribution in [0.4, 0.5) is 10.1 Å². The van der Waals surface area contributed by atoms with E-state index >= 15 is 0 Å². The van der Waals surface area contributed by atoms with Crippen LogP contribution in [0.5, 0.6) is 0 Å². The average Bonchev–Trinajstić information content (AvgIpc) is 2.68. The molecule has 5 heteroatoms. The highest BCUT2D eigenvalue weighted by Gasteiger charge is 2.07. The van der Waals surface area contributed by atoms with Crippen LogP contribution in [-0.2, 0) is 6.54 Å². The van der Waals surface area contributed by atoms with Gasteiger partial charge in [0.05, 0.1) is 5.56 Å². The minimum atomic E-state index is -0.232. The molecule has 4 nitrogen and oxygen atoms in total. The summed E-state index contributed by atoms with van der Waals surface area (Å²) < 4.78 is 13.3. The van der Waals surface area contributed by atoms with Crippen molar-refractivity contribution in [3.05, 3.63) is 95.6 Å². The van der Waals surface area contributed by atoms with E-state index in [0.29, 0.717) is 12.1 Å². The van der Waals surface area contributed by atoms with Crippen molar-refractivity contribution in [1.82, 2.24) is 10.3 Å². The van der Waals surface area contributed by atoms with Gasteiger partial charge >= 0.3 is 0 Å². The molecule has 0 saturated carbocycles. The topological polar surface area (TPSA) is 54.0 Å². The van der Waals surface area contributed by atoms with E-state index in [1.54, 1.807) is 24.4 Å². The van der Waals surface area contributed by atoms with Gasteiger partial charge in [-0.25, -0.2) is 4.39 Å². The predicted molar refractivity (Wildman–Crippen MR) is 100 cm³/mol. The van der Waals surface area contributed by atoms with Gasteiger partial charge in [0.2, 0.25) is 0 Å². The van der Waals surface area contributed by atoms with E-state index < -0.39 is 0 Å². The number of aromatic nitrogens is 1. The van der Waals surface area contributed by atoms with Crippen LogP contribution >= 0.6 is 0 Å². The first-order valence-corrected chi connectivity index (χ1v) is 8.41. The van der Waals surface area contributed by atoms with Crippen molar-refractivity contribution in [1.29, 1.82) is 0 Å². The molecular weight excluding hydrogens is 329 g/mol. The number of rotatable bonds is 6. The predicted octanol–water partition coefficient (Wildman–Crippen LogP) is 4.32. The smallest absolute Gasteiger partial charge is 0.257 e. The summed E-state index contributed by atoms with van der Waals surface area (Å²) in [4.78, 5) is 16.0. The summed E-state index contributed by atoms with van der Waals surface area (Å²) in [6.45, 7) is 2.64. The molecule has 2 aromatic carbocycles. The lowest BCUT2D eigenvalue weighted by molar-refractivity contribution is 0.102. The Morgan fingerprint density at radius 3 is 2.62 bits per heavy atom. The molecule has 0 spiro atoms. The van der Waals surface area contributed by atoms with E-state index in [1.807, 2.05) is 37.3 Å². The second kappa shape index (κ2) is 8.36. The number of halogens is 1. The maximum absolute atomic E-state index is 13.3. The molecule has 0 bridgehead atoms. The van der Waals surface area contributed by atoms with Crippen molar-refractivity contribution in [3.8, 4) is 0 Å². The Morgan fingerprint density at radius 2 is 1.92 bits per heavy atom. The fourth-order valence-corrected chi connectivity index (χ4v) is 2.57. The Hall–Kier alpha value is -3.05. The SMILES string of the molecule is CC(NCc1ccc(NC(=O)c2cccnc2)cc1)c1cccc(F)c1. The van der Waals surface area contributed by atoms with Crippen molar-refractivity contribution in [2.75, 3.05) is 5.32 Å². The lowest BCUT2D eigenvalue weighted by Crippen LogP contribution is -2.18. The van der Waals surface area contributed by atoms with Crippen LogP contribution in [0.15, 0.2) is 73.1 Å². The third-order valence-corrected chi connectivity index (χ3v) is 4.10. The van der Waals surface area contributed by atoms with Crippen molar-refractivity contribution < 1.29 is 9.18 Å². The molecule has 1 amide bonds. The van der Waals surface area contributed by atoms with Crippen LogP contribution in [0.1, 0.15) is 34.5 Å². The van der Waals surface area contributed by atoms with E-state index in [-0.39, 0.29) is 17.8 Å². The minimum absolute atomic E-state index is 0.0376. The zero-order valence-corrected chi connectivity index (χ0v) is 14.4. The van der Waals surface area contributed by atoms with Gasteiger partial charge in [-0.3, -0.25) is 9.78 Å². The first kappa shape index (κ1) is 17.8. The molecule has 1 unspecified atom stereocenters. The Bertz CT molecular complexity index is 866. The molecule has 1 atom stereocenters. The molecule has 0 saturated heterocycles. The summed E-state index contributed by atoms with van der Waals surface area (Å²) >= 11 is 0. The maximum atomic E-state index is 13.3. The van der Waals surface area contributed by atoms with Crippen LogP contribution in [0.25, 0.3) is 0 Å². The van der Waals surface area contributed by atoms with Gasteiger partial charge < -0.3 is 10.6 Å². The molecular formula is C21H20FN3O. The molecule has 2 N–H and O–H groups in total. The molecule has 0 aliphatic rings. The van der Waals surface area contributed by atoms with E-state index in [2.05, 4.69) is 15.6 Å². The highest BCUT2D eigenvalue weighted by molar-refractivity contribution is 6.03. The maximum Gasteiger partial charge on any atom is 0.257 e. The van der Waals surface area contributed by atoms with Crippen molar-refractivity contribution >= 4 is 11.6 Å². The average molecular weight is 349 g/mol. The summed E-state index contributed by atoms with van der Waals surface area (Å²) in [6.07, 6.45) is 3.16. The van der Waals surface area contributed by atoms with Crippen LogP contribution < -0.4 is 10.6 Å². The van der Waals surface area contributed by atoms with E-state index in [4.69, 9.17) is 0 Å². The van der Waals surface area contributed by atoms with Gasteiger partial charge in [-0.1, -0.05) is 24.3 Å². The number of nitrogens with zero attached hydrogens (tertiary/aromatic N) is 1. The van der Waals surface area contributed by atoms with E-state index in [9.17, 15) is 9.18 Å². The Morgan fingerprint density at radius 1 is 1.12 bits per heavy atom. The van der Waals surface area contributed by atoms with Gasteiger partial charge in [-0.2, -0.15) is 0 Å². The van der Waals surface area contributed by atoms with Gasteiger partial charge in [-0.15, -0.1) is 0 Å². The highest BCUT2D eigenvalue weighted by Crippen LogP contribution is 2.15. The molecule has 1 heterocycles. The Balaban J connectivity index is 1.55. The number of nitrogens with one attached hydrogen (secondary N) is 2. The normalized spacial score (nSPS) is 11.8. The lowest BCUT2D eigenvalue weighted by atomic mass is 10.1. The minimum Gasteiger partial charge on any atom is -0.322 e. The first-order chi connectivity index (χ1) is 12.6. The molecule has 0 radical (unpaired) electrons. The van der Waals surface area contributed by atoms with Gasteiger partial charge in [0.25, 0.3) is 5.91 Å². The Kier molecular flexibility index (Phi) is 5.71. The summed E-state index contributed by atoms with van der Waals surface area (Å²) in [5.74, 6) is -0.423. The van der Waals surface area contributed by atoms with Gasteiger partial charge in [0, 0.05) is 30.7 Å². The number of carbonyl (C=O) groups is 1. The summed E-state index contributed by atoms with van der Waals surface area (Å²) in [5, 5.41) is 6.21. The third-order valence-electron chi connectivity index (χ3n) is 4.10. The van der Waals surface area contributed by atoms with Crippen LogP contribution in [-0.4, -0.2) is 10.9 Å². The zero-order valence-electron chi connectivity index (χ0n) is 14.4. The number of pyridine rings is 1. The third kappa shape index (κ3) is 4.74. The van der Waals surface area contributed by atoms with Crippen molar-refractivity contribution in [2.45, 2.75) is 19.5 Å². The number of hydrogen-bond acceptors (Lipinski definition) is 3. The summed E-state index contributed by atoms with van der Waals surface area (Å²) in [6, 6.07) is 17.7. The van der Waals surface area contributed by atoms with Crippen LogP contribution in [0, 0.1) is 5.82 Å². The van der Waals surface area contributed by atoms with Gasteiger partial charge in [0.1, 0.15) is 5.82 Å². The first-order valence-electron chi connectivity index (χ1n) is 8.41. The molecule has 3 rings (SSSR count). The highest BCUT2D eigenvalue weighted by atomic mass is 19.1. The van der Waals surface area contributed by atoms with Gasteiger partial charge in [0.15, 0.2) is 0 Å². The lowest BCUT2D eigenvalue weighted by Gasteiger charge is -2.14. The molecule has 1 aromatic heterocycles. The number of hydrogen-bond donors (Lipinski definition) is 2. The van der Waals surface area contributed by atoms with Crippen molar-refractivity contribution in [2.24, 2.45) is 0 Å². The zero-order chi connectivity index (χ0) is 18.4. The number of anilines is 1. The monoisotopic (exact) mass is 349 g/mol. The van der Waals surface area contributed by atoms with Crippen molar-refractivity contribution in [3.63, 3.8) is 0 Å². The fourth-order valence-electron chi connectivity index (χ4n) is 2.57. The second-order valence-corrected chi connectivity index (χ2v) is 6.05. The van der Waals surface area contributed by atoms with Crippen LogP contribution in [0.3, 0.4) is 0 Å². The standard InChI is InChI=1S/C21H20FN3O/c1-15(17-4-2-6-19(22)12-17)24-13-16-7-9-20(10-8-16)25-21(26)18-5-3-11-23-14-18/h2-12,14-15,24H,13H2,1H3,(H,25,26). The number of benzene rings is 2. The van der Waals surface area contributed by atoms with E-state index in [1.165, 1.54) is 18.3 Å². The quantitative estimate of drug-likeness (QED) is 0.697.